The van der Waals surface area contributed by atoms with Gasteiger partial charge < -0.3 is 0 Å². The monoisotopic (exact) mass is 266 g/mol. The van der Waals surface area contributed by atoms with Crippen LogP contribution >= 0.6 is 0 Å². The molecule has 19 heavy (non-hydrogen) atoms. The van der Waals surface area contributed by atoms with Gasteiger partial charge in [-0.05, 0) is 43.4 Å². The van der Waals surface area contributed by atoms with Crippen LogP contribution in [0.3, 0.4) is 0 Å². The van der Waals surface area contributed by atoms with E-state index in [9.17, 15) is 8.78 Å². The summed E-state index contributed by atoms with van der Waals surface area (Å²) in [6.07, 6.45) is 11.2. The number of unbranched alkanes of at least 4 members (excludes halogenated alkanes) is 1. The molecule has 0 heterocycles. The topological polar surface area (TPSA) is 0 Å². The molecule has 0 amide bonds. The second-order valence-electron chi connectivity index (χ2n) is 5.93. The van der Waals surface area contributed by atoms with Crippen LogP contribution in [-0.2, 0) is 6.42 Å². The maximum atomic E-state index is 13.4. The quantitative estimate of drug-likeness (QED) is 0.611. The zero-order valence-corrected chi connectivity index (χ0v) is 11.9. The highest BCUT2D eigenvalue weighted by Crippen LogP contribution is 2.28. The van der Waals surface area contributed by atoms with Gasteiger partial charge in [-0.15, -0.1) is 0 Å². The molecular weight excluding hydrogens is 242 g/mol. The van der Waals surface area contributed by atoms with Crippen molar-refractivity contribution in [1.29, 1.82) is 0 Å². The lowest BCUT2D eigenvalue weighted by Crippen LogP contribution is -2.06. The van der Waals surface area contributed by atoms with Crippen LogP contribution in [0.2, 0.25) is 0 Å². The number of rotatable bonds is 5. The smallest absolute Gasteiger partial charge is 0.129 e. The molecule has 0 spiro atoms. The van der Waals surface area contributed by atoms with Crippen molar-refractivity contribution in [3.63, 3.8) is 0 Å². The van der Waals surface area contributed by atoms with Crippen LogP contribution in [0.1, 0.15) is 62.5 Å². The van der Waals surface area contributed by atoms with Gasteiger partial charge in [0, 0.05) is 5.56 Å². The summed E-state index contributed by atoms with van der Waals surface area (Å²) in [7, 11) is 0. The minimum absolute atomic E-state index is 0.131. The Morgan fingerprint density at radius 2 is 1.63 bits per heavy atom. The van der Waals surface area contributed by atoms with Crippen molar-refractivity contribution in [2.24, 2.45) is 5.92 Å². The summed E-state index contributed by atoms with van der Waals surface area (Å²) in [5.41, 5.74) is 0.926. The molecule has 0 nitrogen and oxygen atoms in total. The fourth-order valence-corrected chi connectivity index (χ4v) is 3.08. The summed E-state index contributed by atoms with van der Waals surface area (Å²) in [5.74, 6) is 0.0739. The highest BCUT2D eigenvalue weighted by molar-refractivity contribution is 5.25. The second kappa shape index (κ2) is 7.02. The summed E-state index contributed by atoms with van der Waals surface area (Å²) in [4.78, 5) is 0. The highest BCUT2D eigenvalue weighted by atomic mass is 19.1. The molecule has 0 atom stereocenters. The van der Waals surface area contributed by atoms with E-state index in [4.69, 9.17) is 0 Å². The summed E-state index contributed by atoms with van der Waals surface area (Å²) in [6.45, 7) is 1.48. The highest BCUT2D eigenvalue weighted by Gasteiger charge is 2.12. The maximum Gasteiger partial charge on any atom is 0.129 e. The van der Waals surface area contributed by atoms with Crippen molar-refractivity contribution in [3.05, 3.63) is 34.9 Å². The molecule has 1 fully saturated rings. The molecule has 106 valence electrons. The maximum absolute atomic E-state index is 13.4. The predicted molar refractivity (Wildman–Crippen MR) is 75.2 cm³/mol. The van der Waals surface area contributed by atoms with E-state index in [1.807, 2.05) is 0 Å². The van der Waals surface area contributed by atoms with Crippen molar-refractivity contribution >= 4 is 0 Å². The van der Waals surface area contributed by atoms with Gasteiger partial charge in [-0.2, -0.15) is 0 Å². The number of benzene rings is 1. The number of hydrogen-bond acceptors (Lipinski definition) is 0. The summed E-state index contributed by atoms with van der Waals surface area (Å²) in [5, 5.41) is 0. The zero-order valence-electron chi connectivity index (χ0n) is 11.9. The average molecular weight is 266 g/mol. The van der Waals surface area contributed by atoms with Crippen LogP contribution in [0, 0.1) is 24.5 Å². The first-order valence-corrected chi connectivity index (χ1v) is 7.61. The van der Waals surface area contributed by atoms with E-state index in [-0.39, 0.29) is 5.56 Å². The van der Waals surface area contributed by atoms with Gasteiger partial charge in [0.15, 0.2) is 0 Å². The van der Waals surface area contributed by atoms with Crippen LogP contribution in [-0.4, -0.2) is 0 Å². The van der Waals surface area contributed by atoms with Gasteiger partial charge in [0.25, 0.3) is 0 Å². The SMILES string of the molecule is Cc1c(F)cc(CCCCC2CCCCC2)cc1F. The van der Waals surface area contributed by atoms with Crippen molar-refractivity contribution in [2.75, 3.05) is 0 Å². The number of hydrogen-bond donors (Lipinski definition) is 0. The van der Waals surface area contributed by atoms with Crippen molar-refractivity contribution < 1.29 is 8.78 Å². The lowest BCUT2D eigenvalue weighted by Gasteiger charge is -2.21. The third kappa shape index (κ3) is 4.29. The van der Waals surface area contributed by atoms with E-state index >= 15 is 0 Å². The van der Waals surface area contributed by atoms with Gasteiger partial charge in [0.05, 0.1) is 0 Å². The molecule has 1 aliphatic carbocycles. The Morgan fingerprint density at radius 3 is 2.26 bits per heavy atom. The minimum atomic E-state index is -0.415. The molecule has 1 saturated carbocycles. The van der Waals surface area contributed by atoms with Gasteiger partial charge in [0.1, 0.15) is 11.6 Å². The third-order valence-electron chi connectivity index (χ3n) is 4.39. The molecular formula is C17H24F2. The van der Waals surface area contributed by atoms with Gasteiger partial charge in [-0.3, -0.25) is 0 Å². The van der Waals surface area contributed by atoms with Gasteiger partial charge in [-0.1, -0.05) is 44.9 Å². The van der Waals surface area contributed by atoms with E-state index in [0.29, 0.717) is 0 Å². The van der Waals surface area contributed by atoms with E-state index in [1.54, 1.807) is 0 Å². The summed E-state index contributed by atoms with van der Waals surface area (Å²) < 4.78 is 26.8. The number of aryl methyl sites for hydroxylation is 1. The number of halogens is 2. The molecule has 1 aromatic carbocycles. The first-order chi connectivity index (χ1) is 9.16. The third-order valence-corrected chi connectivity index (χ3v) is 4.39. The van der Waals surface area contributed by atoms with Crippen molar-refractivity contribution in [2.45, 2.75) is 64.7 Å². The Labute approximate surface area is 115 Å². The first-order valence-electron chi connectivity index (χ1n) is 7.61. The lowest BCUT2D eigenvalue weighted by atomic mass is 9.85. The van der Waals surface area contributed by atoms with Gasteiger partial charge >= 0.3 is 0 Å². The minimum Gasteiger partial charge on any atom is -0.207 e. The molecule has 2 rings (SSSR count). The lowest BCUT2D eigenvalue weighted by molar-refractivity contribution is 0.330. The largest absolute Gasteiger partial charge is 0.207 e. The fraction of sp³-hybridized carbons (Fsp3) is 0.647. The van der Waals surface area contributed by atoms with Gasteiger partial charge in [-0.25, -0.2) is 8.78 Å². The van der Waals surface area contributed by atoms with Crippen LogP contribution in [0.4, 0.5) is 8.78 Å². The predicted octanol–water partition coefficient (Wildman–Crippen LogP) is 5.57. The Kier molecular flexibility index (Phi) is 5.35. The van der Waals surface area contributed by atoms with Crippen LogP contribution in [0.25, 0.3) is 0 Å². The van der Waals surface area contributed by atoms with Crippen molar-refractivity contribution in [1.82, 2.24) is 0 Å². The fourth-order valence-electron chi connectivity index (χ4n) is 3.08. The normalized spacial score (nSPS) is 16.8. The van der Waals surface area contributed by atoms with Crippen LogP contribution in [0.15, 0.2) is 12.1 Å². The van der Waals surface area contributed by atoms with E-state index in [0.717, 1.165) is 24.3 Å². The van der Waals surface area contributed by atoms with Crippen molar-refractivity contribution in [3.8, 4) is 0 Å². The Morgan fingerprint density at radius 1 is 1.00 bits per heavy atom. The zero-order chi connectivity index (χ0) is 13.7. The molecule has 0 bridgehead atoms. The molecule has 0 radical (unpaired) electrons. The molecule has 0 unspecified atom stereocenters. The molecule has 2 heteroatoms. The Hall–Kier alpha value is -0.920. The van der Waals surface area contributed by atoms with Crippen LogP contribution < -0.4 is 0 Å². The standard InChI is InChI=1S/C17H24F2/c1-13-16(18)11-15(12-17(13)19)10-6-5-9-14-7-3-2-4-8-14/h11-12,14H,2-10H2,1H3. The summed E-state index contributed by atoms with van der Waals surface area (Å²) in [6, 6.07) is 2.97. The first kappa shape index (κ1) is 14.5. The van der Waals surface area contributed by atoms with Gasteiger partial charge in [0.2, 0.25) is 0 Å². The van der Waals surface area contributed by atoms with E-state index < -0.39 is 11.6 Å². The van der Waals surface area contributed by atoms with E-state index in [1.165, 1.54) is 64.0 Å². The molecule has 1 aliphatic rings. The summed E-state index contributed by atoms with van der Waals surface area (Å²) >= 11 is 0. The molecule has 0 saturated heterocycles. The molecule has 1 aromatic rings. The molecule has 0 aliphatic heterocycles. The second-order valence-corrected chi connectivity index (χ2v) is 5.93. The Balaban J connectivity index is 1.73. The molecule has 0 N–H and O–H groups in total. The average Bonchev–Trinajstić information content (AvgIpc) is 2.42. The van der Waals surface area contributed by atoms with E-state index in [2.05, 4.69) is 0 Å². The Bertz CT molecular complexity index is 383. The van der Waals surface area contributed by atoms with Crippen LogP contribution in [0.5, 0.6) is 0 Å². The molecule has 0 aromatic heterocycles.